The third-order valence-electron chi connectivity index (χ3n) is 4.63. The molecule has 10 heteroatoms. The third-order valence-corrected chi connectivity index (χ3v) is 4.63. The zero-order valence-electron chi connectivity index (χ0n) is 15.2. The van der Waals surface area contributed by atoms with E-state index in [1.54, 1.807) is 0 Å². The molecular formula is C19H17F3N6O. The van der Waals surface area contributed by atoms with Crippen LogP contribution in [0.1, 0.15) is 22.5 Å². The van der Waals surface area contributed by atoms with E-state index in [4.69, 9.17) is 0 Å². The van der Waals surface area contributed by atoms with E-state index in [0.29, 0.717) is 25.3 Å². The molecule has 1 aliphatic rings. The largest absolute Gasteiger partial charge is 0.417 e. The van der Waals surface area contributed by atoms with Crippen LogP contribution in [0.15, 0.2) is 54.9 Å². The standard InChI is InChI=1S/C19H17F3N6O/c20-19(21,22)13-6-7-17(23-10-13)27-9-8-14(12-27)25-18(29)16-11-24-28(26-16)15-4-2-1-3-5-15/h1-7,10-11,14H,8-9,12H2,(H,25,29). The number of hydrogen-bond acceptors (Lipinski definition) is 5. The van der Waals surface area contributed by atoms with Crippen LogP contribution in [0.4, 0.5) is 19.0 Å². The average Bonchev–Trinajstić information content (AvgIpc) is 3.38. The van der Waals surface area contributed by atoms with Crippen molar-refractivity contribution < 1.29 is 18.0 Å². The van der Waals surface area contributed by atoms with Gasteiger partial charge in [-0.1, -0.05) is 18.2 Å². The Balaban J connectivity index is 1.36. The minimum absolute atomic E-state index is 0.159. The highest BCUT2D eigenvalue weighted by Gasteiger charge is 2.31. The number of hydrogen-bond donors (Lipinski definition) is 1. The topological polar surface area (TPSA) is 75.9 Å². The lowest BCUT2D eigenvalue weighted by molar-refractivity contribution is -0.137. The van der Waals surface area contributed by atoms with E-state index in [-0.39, 0.29) is 17.6 Å². The molecule has 4 rings (SSSR count). The maximum Gasteiger partial charge on any atom is 0.417 e. The number of rotatable bonds is 4. The van der Waals surface area contributed by atoms with Gasteiger partial charge in [-0.15, -0.1) is 5.10 Å². The Hall–Kier alpha value is -3.43. The van der Waals surface area contributed by atoms with E-state index in [2.05, 4.69) is 20.5 Å². The van der Waals surface area contributed by atoms with Gasteiger partial charge in [-0.3, -0.25) is 4.79 Å². The van der Waals surface area contributed by atoms with Gasteiger partial charge in [0.05, 0.1) is 17.4 Å². The first-order valence-corrected chi connectivity index (χ1v) is 8.97. The van der Waals surface area contributed by atoms with Crippen molar-refractivity contribution in [3.63, 3.8) is 0 Å². The van der Waals surface area contributed by atoms with Crippen LogP contribution in [-0.4, -0.2) is 45.0 Å². The molecule has 1 saturated heterocycles. The van der Waals surface area contributed by atoms with Crippen molar-refractivity contribution in [3.05, 3.63) is 66.1 Å². The van der Waals surface area contributed by atoms with Crippen molar-refractivity contribution >= 4 is 11.7 Å². The van der Waals surface area contributed by atoms with E-state index < -0.39 is 11.7 Å². The first-order chi connectivity index (χ1) is 13.9. The van der Waals surface area contributed by atoms with Crippen LogP contribution in [0.25, 0.3) is 5.69 Å². The van der Waals surface area contributed by atoms with Crippen LogP contribution < -0.4 is 10.2 Å². The number of alkyl halides is 3. The monoisotopic (exact) mass is 402 g/mol. The number of carbonyl (C=O) groups is 1. The lowest BCUT2D eigenvalue weighted by Gasteiger charge is -2.18. The highest BCUT2D eigenvalue weighted by Crippen LogP contribution is 2.29. The minimum Gasteiger partial charge on any atom is -0.354 e. The van der Waals surface area contributed by atoms with Crippen LogP contribution in [0, 0.1) is 0 Å². The number of amides is 1. The summed E-state index contributed by atoms with van der Waals surface area (Å²) in [6.07, 6.45) is -1.54. The van der Waals surface area contributed by atoms with Gasteiger partial charge in [0.2, 0.25) is 0 Å². The molecular weight excluding hydrogens is 385 g/mol. The summed E-state index contributed by atoms with van der Waals surface area (Å²) >= 11 is 0. The number of halogens is 3. The Labute approximate surface area is 164 Å². The molecule has 1 atom stereocenters. The van der Waals surface area contributed by atoms with E-state index in [1.807, 2.05) is 35.2 Å². The highest BCUT2D eigenvalue weighted by molar-refractivity contribution is 5.92. The quantitative estimate of drug-likeness (QED) is 0.726. The molecule has 1 fully saturated rings. The molecule has 0 radical (unpaired) electrons. The van der Waals surface area contributed by atoms with Crippen LogP contribution in [0.5, 0.6) is 0 Å². The van der Waals surface area contributed by atoms with Crippen molar-refractivity contribution in [2.75, 3.05) is 18.0 Å². The van der Waals surface area contributed by atoms with E-state index in [9.17, 15) is 18.0 Å². The summed E-state index contributed by atoms with van der Waals surface area (Å²) in [6.45, 7) is 1.04. The molecule has 150 valence electrons. The van der Waals surface area contributed by atoms with Gasteiger partial charge in [-0.05, 0) is 30.7 Å². The van der Waals surface area contributed by atoms with Gasteiger partial charge in [-0.25, -0.2) is 4.98 Å². The predicted molar refractivity (Wildman–Crippen MR) is 98.7 cm³/mol. The highest BCUT2D eigenvalue weighted by atomic mass is 19.4. The first kappa shape index (κ1) is 18.9. The van der Waals surface area contributed by atoms with Crippen molar-refractivity contribution in [1.29, 1.82) is 0 Å². The van der Waals surface area contributed by atoms with Crippen LogP contribution in [0.2, 0.25) is 0 Å². The van der Waals surface area contributed by atoms with Gasteiger partial charge in [0, 0.05) is 25.3 Å². The zero-order chi connectivity index (χ0) is 20.4. The molecule has 29 heavy (non-hydrogen) atoms. The number of carbonyl (C=O) groups excluding carboxylic acids is 1. The zero-order valence-corrected chi connectivity index (χ0v) is 15.2. The SMILES string of the molecule is O=C(NC1CCN(c2ccc(C(F)(F)F)cn2)C1)c1cnn(-c2ccccc2)n1. The van der Waals surface area contributed by atoms with Gasteiger partial charge in [0.1, 0.15) is 5.82 Å². The summed E-state index contributed by atoms with van der Waals surface area (Å²) in [5, 5.41) is 11.2. The van der Waals surface area contributed by atoms with Gasteiger partial charge < -0.3 is 10.2 Å². The molecule has 0 aliphatic carbocycles. The number of benzene rings is 1. The predicted octanol–water partition coefficient (Wildman–Crippen LogP) is 2.69. The molecule has 0 bridgehead atoms. The van der Waals surface area contributed by atoms with Crippen molar-refractivity contribution in [2.24, 2.45) is 0 Å². The van der Waals surface area contributed by atoms with Crippen molar-refractivity contribution in [1.82, 2.24) is 25.3 Å². The number of nitrogens with one attached hydrogen (secondary N) is 1. The van der Waals surface area contributed by atoms with E-state index in [1.165, 1.54) is 17.1 Å². The maximum absolute atomic E-state index is 12.7. The molecule has 1 aromatic carbocycles. The molecule has 0 spiro atoms. The number of para-hydroxylation sites is 1. The molecule has 3 aromatic rings. The molecule has 0 saturated carbocycles. The lowest BCUT2D eigenvalue weighted by Crippen LogP contribution is -2.37. The molecule has 7 nitrogen and oxygen atoms in total. The fourth-order valence-corrected chi connectivity index (χ4v) is 3.14. The van der Waals surface area contributed by atoms with Gasteiger partial charge in [0.25, 0.3) is 5.91 Å². The van der Waals surface area contributed by atoms with Gasteiger partial charge >= 0.3 is 6.18 Å². The second-order valence-corrected chi connectivity index (χ2v) is 6.66. The molecule has 1 amide bonds. The fourth-order valence-electron chi connectivity index (χ4n) is 3.14. The summed E-state index contributed by atoms with van der Waals surface area (Å²) in [6, 6.07) is 11.4. The number of anilines is 1. The summed E-state index contributed by atoms with van der Waals surface area (Å²) in [5.41, 5.74) is 0.152. The number of pyridine rings is 1. The summed E-state index contributed by atoms with van der Waals surface area (Å²) in [7, 11) is 0. The Bertz CT molecular complexity index is 987. The summed E-state index contributed by atoms with van der Waals surface area (Å²) in [4.78, 5) is 19.6. The molecule has 3 heterocycles. The smallest absolute Gasteiger partial charge is 0.354 e. The number of nitrogens with zero attached hydrogens (tertiary/aromatic N) is 5. The summed E-state index contributed by atoms with van der Waals surface area (Å²) in [5.74, 6) is 0.101. The lowest BCUT2D eigenvalue weighted by atomic mass is 10.2. The Morgan fingerprint density at radius 1 is 1.10 bits per heavy atom. The summed E-state index contributed by atoms with van der Waals surface area (Å²) < 4.78 is 38.0. The fraction of sp³-hybridized carbons (Fsp3) is 0.263. The molecule has 1 aliphatic heterocycles. The van der Waals surface area contributed by atoms with Crippen LogP contribution in [-0.2, 0) is 6.18 Å². The van der Waals surface area contributed by atoms with Gasteiger partial charge in [-0.2, -0.15) is 23.1 Å². The molecule has 1 N–H and O–H groups in total. The maximum atomic E-state index is 12.7. The normalized spacial score (nSPS) is 16.8. The molecule has 1 unspecified atom stereocenters. The first-order valence-electron chi connectivity index (χ1n) is 8.97. The van der Waals surface area contributed by atoms with Crippen molar-refractivity contribution in [3.8, 4) is 5.69 Å². The van der Waals surface area contributed by atoms with Crippen LogP contribution >= 0.6 is 0 Å². The second-order valence-electron chi connectivity index (χ2n) is 6.66. The van der Waals surface area contributed by atoms with Gasteiger partial charge in [0.15, 0.2) is 5.69 Å². The Morgan fingerprint density at radius 2 is 1.90 bits per heavy atom. The second kappa shape index (κ2) is 7.53. The van der Waals surface area contributed by atoms with E-state index >= 15 is 0 Å². The average molecular weight is 402 g/mol. The van der Waals surface area contributed by atoms with E-state index in [0.717, 1.165) is 18.0 Å². The molecule has 2 aromatic heterocycles. The minimum atomic E-state index is -4.41. The third kappa shape index (κ3) is 4.20. The Morgan fingerprint density at radius 3 is 2.59 bits per heavy atom. The Kier molecular flexibility index (Phi) is 4.91. The number of aromatic nitrogens is 4. The van der Waals surface area contributed by atoms with Crippen molar-refractivity contribution in [2.45, 2.75) is 18.6 Å². The van der Waals surface area contributed by atoms with Crippen LogP contribution in [0.3, 0.4) is 0 Å².